The van der Waals surface area contributed by atoms with E-state index in [1.54, 1.807) is 24.5 Å². The van der Waals surface area contributed by atoms with Crippen molar-refractivity contribution in [3.05, 3.63) is 86.9 Å². The third kappa shape index (κ3) is 5.91. The van der Waals surface area contributed by atoms with E-state index < -0.39 is 0 Å². The summed E-state index contributed by atoms with van der Waals surface area (Å²) in [5.74, 6) is 0.836. The summed E-state index contributed by atoms with van der Waals surface area (Å²) in [6.45, 7) is 3.64. The van der Waals surface area contributed by atoms with Crippen LogP contribution in [0.4, 0.5) is 0 Å². The molecule has 2 amide bonds. The molecular weight excluding hydrogens is 446 g/mol. The van der Waals surface area contributed by atoms with E-state index in [-0.39, 0.29) is 11.8 Å². The van der Waals surface area contributed by atoms with Gasteiger partial charge in [0.05, 0.1) is 7.11 Å². The van der Waals surface area contributed by atoms with Gasteiger partial charge >= 0.3 is 0 Å². The Hall–Kier alpha value is -3.45. The molecule has 0 unspecified atom stereocenters. The normalized spacial score (nSPS) is 13.1. The van der Waals surface area contributed by atoms with Crippen LogP contribution in [0.25, 0.3) is 6.08 Å². The number of carbonyl (C=O) groups excluding carboxylic acids is 2. The van der Waals surface area contributed by atoms with Crippen molar-refractivity contribution in [2.45, 2.75) is 39.3 Å². The summed E-state index contributed by atoms with van der Waals surface area (Å²) in [5.41, 5.74) is 5.36. The largest absolute Gasteiger partial charge is 0.497 e. The molecular formula is C27H29N3O3S. The van der Waals surface area contributed by atoms with Crippen molar-refractivity contribution in [2.75, 3.05) is 13.7 Å². The van der Waals surface area contributed by atoms with Gasteiger partial charge in [0.15, 0.2) is 0 Å². The molecule has 2 aromatic heterocycles. The van der Waals surface area contributed by atoms with Gasteiger partial charge < -0.3 is 15.0 Å². The van der Waals surface area contributed by atoms with E-state index in [0.717, 1.165) is 39.4 Å². The number of nitrogens with one attached hydrogen (secondary N) is 1. The predicted molar refractivity (Wildman–Crippen MR) is 135 cm³/mol. The van der Waals surface area contributed by atoms with Crippen molar-refractivity contribution in [3.8, 4) is 5.75 Å². The number of fused-ring (bicyclic) bond motifs is 1. The summed E-state index contributed by atoms with van der Waals surface area (Å²) in [6.07, 6.45) is 7.20. The van der Waals surface area contributed by atoms with Crippen LogP contribution in [0.15, 0.2) is 54.1 Å². The second kappa shape index (κ2) is 11.1. The summed E-state index contributed by atoms with van der Waals surface area (Å²) in [5, 5.41) is 4.96. The van der Waals surface area contributed by atoms with Gasteiger partial charge in [-0.15, -0.1) is 11.3 Å². The molecule has 3 aromatic rings. The molecule has 1 aliphatic heterocycles. The predicted octanol–water partition coefficient (Wildman–Crippen LogP) is 4.31. The minimum atomic E-state index is -0.128. The molecule has 6 nitrogen and oxygen atoms in total. The zero-order valence-corrected chi connectivity index (χ0v) is 20.4. The molecule has 0 spiro atoms. The highest BCUT2D eigenvalue weighted by atomic mass is 32.1. The molecule has 0 fully saturated rings. The highest BCUT2D eigenvalue weighted by Crippen LogP contribution is 2.25. The molecule has 176 valence electrons. The van der Waals surface area contributed by atoms with Gasteiger partial charge in [0.25, 0.3) is 0 Å². The van der Waals surface area contributed by atoms with Crippen molar-refractivity contribution in [1.82, 2.24) is 15.2 Å². The lowest BCUT2D eigenvalue weighted by Gasteiger charge is -2.30. The third-order valence-corrected chi connectivity index (χ3v) is 6.95. The van der Waals surface area contributed by atoms with E-state index >= 15 is 0 Å². The minimum absolute atomic E-state index is 0.128. The van der Waals surface area contributed by atoms with E-state index in [4.69, 9.17) is 4.74 Å². The maximum atomic E-state index is 12.9. The Morgan fingerprint density at radius 3 is 2.79 bits per heavy atom. The molecule has 0 saturated carbocycles. The molecule has 4 rings (SSSR count). The van der Waals surface area contributed by atoms with E-state index in [0.29, 0.717) is 32.5 Å². The average Bonchev–Trinajstić information content (AvgIpc) is 3.39. The fourth-order valence-electron chi connectivity index (χ4n) is 4.15. The number of hydrogen-bond donors (Lipinski definition) is 1. The molecule has 34 heavy (non-hydrogen) atoms. The monoisotopic (exact) mass is 475 g/mol. The Labute approximate surface area is 204 Å². The lowest BCUT2D eigenvalue weighted by Crippen LogP contribution is -2.37. The highest BCUT2D eigenvalue weighted by molar-refractivity contribution is 7.10. The standard InChI is InChI=1S/C27H29N3O3S/c1-19-25(17-29-26(31)11-10-23-4-3-15-34-23)24-13-14-30(18-21(24)16-28-19)27(32)12-7-20-5-8-22(33-2)9-6-20/h3-6,8-11,15-16H,7,12-14,17-18H2,1-2H3,(H,29,31). The Morgan fingerprint density at radius 2 is 2.06 bits per heavy atom. The lowest BCUT2D eigenvalue weighted by molar-refractivity contribution is -0.132. The Bertz CT molecular complexity index is 1170. The van der Waals surface area contributed by atoms with Gasteiger partial charge in [0, 0.05) is 48.9 Å². The molecule has 1 aliphatic rings. The fourth-order valence-corrected chi connectivity index (χ4v) is 4.77. The van der Waals surface area contributed by atoms with Crippen LogP contribution in [-0.4, -0.2) is 35.4 Å². The maximum absolute atomic E-state index is 12.9. The van der Waals surface area contributed by atoms with E-state index in [9.17, 15) is 9.59 Å². The quantitative estimate of drug-likeness (QED) is 0.493. The summed E-state index contributed by atoms with van der Waals surface area (Å²) in [6, 6.07) is 11.8. The van der Waals surface area contributed by atoms with Gasteiger partial charge in [-0.05, 0) is 71.7 Å². The second-order valence-corrected chi connectivity index (χ2v) is 9.29. The SMILES string of the molecule is COc1ccc(CCC(=O)N2CCc3c(cnc(C)c3CNC(=O)C=Cc3cccs3)C2)cc1. The van der Waals surface area contributed by atoms with Gasteiger partial charge in [-0.2, -0.15) is 0 Å². The summed E-state index contributed by atoms with van der Waals surface area (Å²) >= 11 is 1.59. The van der Waals surface area contributed by atoms with Crippen molar-refractivity contribution in [1.29, 1.82) is 0 Å². The molecule has 0 bridgehead atoms. The first-order valence-electron chi connectivity index (χ1n) is 11.4. The Kier molecular flexibility index (Phi) is 7.75. The van der Waals surface area contributed by atoms with Gasteiger partial charge in [-0.25, -0.2) is 0 Å². The first kappa shape index (κ1) is 23.7. The van der Waals surface area contributed by atoms with Gasteiger partial charge in [0.1, 0.15) is 5.75 Å². The number of thiophene rings is 1. The molecule has 1 N–H and O–H groups in total. The van der Waals surface area contributed by atoms with Crippen LogP contribution in [0, 0.1) is 6.92 Å². The third-order valence-electron chi connectivity index (χ3n) is 6.12. The number of ether oxygens (including phenoxy) is 1. The van der Waals surface area contributed by atoms with Crippen LogP contribution in [0.1, 0.15) is 39.2 Å². The molecule has 7 heteroatoms. The lowest BCUT2D eigenvalue weighted by atomic mass is 9.94. The number of carbonyl (C=O) groups is 2. The molecule has 1 aromatic carbocycles. The summed E-state index contributed by atoms with van der Waals surface area (Å²) in [4.78, 5) is 32.6. The Balaban J connectivity index is 1.35. The number of hydrogen-bond acceptors (Lipinski definition) is 5. The van der Waals surface area contributed by atoms with E-state index in [1.165, 1.54) is 5.56 Å². The summed E-state index contributed by atoms with van der Waals surface area (Å²) in [7, 11) is 1.64. The van der Waals surface area contributed by atoms with Gasteiger partial charge in [-0.3, -0.25) is 14.6 Å². The zero-order chi connectivity index (χ0) is 23.9. The van der Waals surface area contributed by atoms with E-state index in [2.05, 4.69) is 10.3 Å². The van der Waals surface area contributed by atoms with Crippen molar-refractivity contribution >= 4 is 29.2 Å². The van der Waals surface area contributed by atoms with Gasteiger partial charge in [-0.1, -0.05) is 18.2 Å². The zero-order valence-electron chi connectivity index (χ0n) is 19.5. The second-order valence-electron chi connectivity index (χ2n) is 8.31. The molecule has 3 heterocycles. The van der Waals surface area contributed by atoms with Crippen LogP contribution in [0.5, 0.6) is 5.75 Å². The van der Waals surface area contributed by atoms with Crippen molar-refractivity contribution in [3.63, 3.8) is 0 Å². The number of pyridine rings is 1. The van der Waals surface area contributed by atoms with Crippen LogP contribution < -0.4 is 10.1 Å². The van der Waals surface area contributed by atoms with E-state index in [1.807, 2.05) is 65.9 Å². The van der Waals surface area contributed by atoms with Gasteiger partial charge in [0.2, 0.25) is 11.8 Å². The molecule has 0 aliphatic carbocycles. The topological polar surface area (TPSA) is 71.5 Å². The first-order chi connectivity index (χ1) is 16.5. The van der Waals surface area contributed by atoms with Crippen LogP contribution in [0.2, 0.25) is 0 Å². The number of amides is 2. The number of methoxy groups -OCH3 is 1. The molecule has 0 radical (unpaired) electrons. The number of nitrogens with zero attached hydrogens (tertiary/aromatic N) is 2. The average molecular weight is 476 g/mol. The molecule has 0 saturated heterocycles. The van der Waals surface area contributed by atoms with Crippen molar-refractivity contribution < 1.29 is 14.3 Å². The number of benzene rings is 1. The highest BCUT2D eigenvalue weighted by Gasteiger charge is 2.23. The van der Waals surface area contributed by atoms with Crippen LogP contribution >= 0.6 is 11.3 Å². The number of rotatable bonds is 8. The Morgan fingerprint density at radius 1 is 1.24 bits per heavy atom. The van der Waals surface area contributed by atoms with Crippen LogP contribution in [0.3, 0.4) is 0 Å². The minimum Gasteiger partial charge on any atom is -0.497 e. The number of aryl methyl sites for hydroxylation is 2. The molecule has 0 atom stereocenters. The smallest absolute Gasteiger partial charge is 0.244 e. The maximum Gasteiger partial charge on any atom is 0.244 e. The van der Waals surface area contributed by atoms with Crippen LogP contribution in [-0.2, 0) is 35.5 Å². The summed E-state index contributed by atoms with van der Waals surface area (Å²) < 4.78 is 5.19. The fraction of sp³-hybridized carbons (Fsp3) is 0.296. The first-order valence-corrected chi connectivity index (χ1v) is 12.3. The van der Waals surface area contributed by atoms with Crippen molar-refractivity contribution in [2.24, 2.45) is 0 Å². The number of aromatic nitrogens is 1.